The predicted octanol–water partition coefficient (Wildman–Crippen LogP) is 3.95. The van der Waals surface area contributed by atoms with Crippen molar-refractivity contribution in [2.45, 2.75) is 45.8 Å². The molecule has 136 valence electrons. The van der Waals surface area contributed by atoms with Crippen LogP contribution < -0.4 is 0 Å². The Hall–Kier alpha value is -1.31. The first-order valence-corrected chi connectivity index (χ1v) is 8.88. The third-order valence-electron chi connectivity index (χ3n) is 4.58. The zero-order chi connectivity index (χ0) is 18.8. The maximum absolute atomic E-state index is 13.9. The fourth-order valence-corrected chi connectivity index (χ4v) is 2.64. The molecule has 7 heteroatoms. The highest BCUT2D eigenvalue weighted by atomic mass is 32.1. The van der Waals surface area contributed by atoms with Gasteiger partial charge in [-0.25, -0.2) is 9.18 Å². The molecule has 0 bridgehead atoms. The minimum absolute atomic E-state index is 0.0944. The van der Waals surface area contributed by atoms with Crippen molar-refractivity contribution >= 4 is 31.8 Å². The van der Waals surface area contributed by atoms with E-state index in [0.717, 1.165) is 5.47 Å². The minimum atomic E-state index is -0.682. The molecule has 0 amide bonds. The Morgan fingerprint density at radius 2 is 1.88 bits per heavy atom. The molecule has 0 atom stereocenters. The van der Waals surface area contributed by atoms with E-state index in [9.17, 15) is 9.18 Å². The number of ether oxygens (including phenoxy) is 1. The Bertz CT molecular complexity index is 672. The quantitative estimate of drug-likeness (QED) is 0.487. The lowest BCUT2D eigenvalue weighted by atomic mass is 9.78. The smallest absolute Gasteiger partial charge is 0.462 e. The average molecular weight is 366 g/mol. The number of esters is 1. The number of thiol groups is 1. The molecule has 2 rings (SSSR count). The van der Waals surface area contributed by atoms with Crippen LogP contribution in [0.15, 0.2) is 23.7 Å². The summed E-state index contributed by atoms with van der Waals surface area (Å²) < 4.78 is 30.8. The first-order valence-electron chi connectivity index (χ1n) is 8.25. The Balaban J connectivity index is 2.32. The Labute approximate surface area is 154 Å². The second kappa shape index (κ2) is 7.52. The van der Waals surface area contributed by atoms with Crippen LogP contribution in [0, 0.1) is 5.82 Å². The zero-order valence-corrected chi connectivity index (χ0v) is 16.2. The number of benzene rings is 1. The summed E-state index contributed by atoms with van der Waals surface area (Å²) in [5.41, 5.74) is 0.437. The highest BCUT2D eigenvalue weighted by Crippen LogP contribution is 2.39. The molecule has 4 nitrogen and oxygen atoms in total. The highest BCUT2D eigenvalue weighted by Gasteiger charge is 2.52. The van der Waals surface area contributed by atoms with Gasteiger partial charge in [-0.1, -0.05) is 12.1 Å². The molecule has 0 spiro atoms. The standard InChI is InChI=1S/C18H24BFO4S/c1-6-22-16(21)14-10-12(7-8-15(14)20)9-13(11-25)19-23-17(2,3)18(4,5)24-19/h7-10,25H,6,11H2,1-5H3. The van der Waals surface area contributed by atoms with Gasteiger partial charge in [-0.3, -0.25) is 0 Å². The predicted molar refractivity (Wildman–Crippen MR) is 100 cm³/mol. The van der Waals surface area contributed by atoms with E-state index in [1.165, 1.54) is 12.1 Å². The van der Waals surface area contributed by atoms with Gasteiger partial charge in [-0.05, 0) is 57.8 Å². The van der Waals surface area contributed by atoms with Gasteiger partial charge < -0.3 is 14.0 Å². The highest BCUT2D eigenvalue weighted by molar-refractivity contribution is 7.80. The number of hydrogen-bond acceptors (Lipinski definition) is 5. The van der Waals surface area contributed by atoms with Gasteiger partial charge >= 0.3 is 13.1 Å². The third-order valence-corrected chi connectivity index (χ3v) is 4.94. The molecule has 1 heterocycles. The van der Waals surface area contributed by atoms with Crippen LogP contribution in [0.2, 0.25) is 0 Å². The summed E-state index contributed by atoms with van der Waals surface area (Å²) in [6.45, 7) is 9.75. The minimum Gasteiger partial charge on any atom is -0.462 e. The average Bonchev–Trinajstić information content (AvgIpc) is 2.74. The van der Waals surface area contributed by atoms with E-state index in [1.807, 2.05) is 27.7 Å². The van der Waals surface area contributed by atoms with Crippen molar-refractivity contribution in [3.8, 4) is 0 Å². The second-order valence-electron chi connectivity index (χ2n) is 6.93. The summed E-state index contributed by atoms with van der Waals surface area (Å²) in [4.78, 5) is 11.9. The molecule has 1 aliphatic rings. The SMILES string of the molecule is CCOC(=O)c1cc(C=C(CS)B2OC(C)(C)C(C)(C)O2)ccc1F. The molecule has 0 saturated carbocycles. The normalized spacial score (nSPS) is 19.2. The van der Waals surface area contributed by atoms with Crippen LogP contribution in [0.4, 0.5) is 4.39 Å². The van der Waals surface area contributed by atoms with Gasteiger partial charge in [0, 0.05) is 5.75 Å². The van der Waals surface area contributed by atoms with Crippen LogP contribution in [-0.4, -0.2) is 36.6 Å². The van der Waals surface area contributed by atoms with Crippen LogP contribution >= 0.6 is 12.6 Å². The zero-order valence-electron chi connectivity index (χ0n) is 15.3. The molecular weight excluding hydrogens is 342 g/mol. The maximum atomic E-state index is 13.9. The van der Waals surface area contributed by atoms with E-state index < -0.39 is 30.1 Å². The largest absolute Gasteiger partial charge is 0.491 e. The molecule has 0 unspecified atom stereocenters. The number of halogens is 1. The molecule has 25 heavy (non-hydrogen) atoms. The van der Waals surface area contributed by atoms with Gasteiger partial charge in [0.25, 0.3) is 0 Å². The van der Waals surface area contributed by atoms with E-state index >= 15 is 0 Å². The number of carbonyl (C=O) groups excluding carboxylic acids is 1. The van der Waals surface area contributed by atoms with Crippen molar-refractivity contribution in [3.63, 3.8) is 0 Å². The molecule has 1 aliphatic heterocycles. The van der Waals surface area contributed by atoms with Crippen LogP contribution in [-0.2, 0) is 14.0 Å². The van der Waals surface area contributed by atoms with E-state index in [-0.39, 0.29) is 12.2 Å². The molecule has 0 aliphatic carbocycles. The van der Waals surface area contributed by atoms with Crippen molar-refractivity contribution in [3.05, 3.63) is 40.6 Å². The molecular formula is C18H24BFO4S. The van der Waals surface area contributed by atoms with Crippen LogP contribution in [0.25, 0.3) is 6.08 Å². The van der Waals surface area contributed by atoms with E-state index in [4.69, 9.17) is 14.0 Å². The maximum Gasteiger partial charge on any atom is 0.491 e. The van der Waals surface area contributed by atoms with Gasteiger partial charge in [0.15, 0.2) is 0 Å². The lowest BCUT2D eigenvalue weighted by Crippen LogP contribution is -2.41. The molecule has 0 radical (unpaired) electrons. The van der Waals surface area contributed by atoms with Crippen LogP contribution in [0.5, 0.6) is 0 Å². The molecule has 0 N–H and O–H groups in total. The summed E-state index contributed by atoms with van der Waals surface area (Å²) in [6.07, 6.45) is 1.80. The summed E-state index contributed by atoms with van der Waals surface area (Å²) >= 11 is 4.36. The molecule has 0 aromatic heterocycles. The Kier molecular flexibility index (Phi) is 6.02. The monoisotopic (exact) mass is 366 g/mol. The number of hydrogen-bond donors (Lipinski definition) is 1. The fraction of sp³-hybridized carbons (Fsp3) is 0.500. The molecule has 1 aromatic rings. The van der Waals surface area contributed by atoms with Crippen molar-refractivity contribution in [2.75, 3.05) is 12.4 Å². The van der Waals surface area contributed by atoms with Gasteiger partial charge in [0.2, 0.25) is 0 Å². The van der Waals surface area contributed by atoms with Crippen molar-refractivity contribution < 1.29 is 23.2 Å². The van der Waals surface area contributed by atoms with E-state index in [0.29, 0.717) is 11.3 Å². The number of rotatable bonds is 5. The summed E-state index contributed by atoms with van der Waals surface area (Å²) in [7, 11) is -0.543. The Morgan fingerprint density at radius 1 is 1.28 bits per heavy atom. The molecule has 1 saturated heterocycles. The molecule has 1 aromatic carbocycles. The third kappa shape index (κ3) is 4.27. The van der Waals surface area contributed by atoms with Gasteiger partial charge in [-0.15, -0.1) is 0 Å². The van der Waals surface area contributed by atoms with Crippen molar-refractivity contribution in [1.82, 2.24) is 0 Å². The second-order valence-corrected chi connectivity index (χ2v) is 7.24. The van der Waals surface area contributed by atoms with Crippen molar-refractivity contribution in [1.29, 1.82) is 0 Å². The fourth-order valence-electron chi connectivity index (χ4n) is 2.39. The topological polar surface area (TPSA) is 44.8 Å². The van der Waals surface area contributed by atoms with Crippen molar-refractivity contribution in [2.24, 2.45) is 0 Å². The molecule has 1 fully saturated rings. The lowest BCUT2D eigenvalue weighted by Gasteiger charge is -2.32. The van der Waals surface area contributed by atoms with Gasteiger partial charge in [-0.2, -0.15) is 12.6 Å². The van der Waals surface area contributed by atoms with E-state index in [1.54, 1.807) is 19.1 Å². The first kappa shape index (κ1) is 20.0. The van der Waals surface area contributed by atoms with Gasteiger partial charge in [0.1, 0.15) is 5.82 Å². The van der Waals surface area contributed by atoms with E-state index in [2.05, 4.69) is 12.6 Å². The summed E-state index contributed by atoms with van der Waals surface area (Å²) in [5.74, 6) is -0.889. The number of carbonyl (C=O) groups is 1. The Morgan fingerprint density at radius 3 is 2.40 bits per heavy atom. The lowest BCUT2D eigenvalue weighted by molar-refractivity contribution is 0.00578. The van der Waals surface area contributed by atoms with Gasteiger partial charge in [0.05, 0.1) is 23.4 Å². The summed E-state index contributed by atoms with van der Waals surface area (Å²) in [5, 5.41) is 0. The summed E-state index contributed by atoms with van der Waals surface area (Å²) in [6, 6.07) is 4.30. The van der Waals surface area contributed by atoms with Crippen LogP contribution in [0.1, 0.15) is 50.5 Å². The van der Waals surface area contributed by atoms with Crippen LogP contribution in [0.3, 0.4) is 0 Å². The first-order chi connectivity index (χ1) is 11.6.